The predicted octanol–water partition coefficient (Wildman–Crippen LogP) is 1.25. The van der Waals surface area contributed by atoms with Crippen LogP contribution in [0, 0.1) is 0 Å². The zero-order chi connectivity index (χ0) is 18.7. The molecule has 0 amide bonds. The second kappa shape index (κ2) is 7.14. The zero-order valence-electron chi connectivity index (χ0n) is 13.8. The molecule has 136 valence electrons. The smallest absolute Gasteiger partial charge is 0.420 e. The predicted molar refractivity (Wildman–Crippen MR) is 93.0 cm³/mol. The van der Waals surface area contributed by atoms with E-state index in [1.807, 2.05) is 18.2 Å². The van der Waals surface area contributed by atoms with Crippen LogP contribution < -0.4 is 10.5 Å². The molecule has 0 spiro atoms. The highest BCUT2D eigenvalue weighted by atomic mass is 32.2. The van der Waals surface area contributed by atoms with E-state index in [-0.39, 0.29) is 23.6 Å². The van der Waals surface area contributed by atoms with E-state index in [1.165, 1.54) is 25.3 Å². The van der Waals surface area contributed by atoms with Gasteiger partial charge in [-0.25, -0.2) is 17.9 Å². The van der Waals surface area contributed by atoms with Crippen LogP contribution in [0.3, 0.4) is 0 Å². The van der Waals surface area contributed by atoms with E-state index in [0.717, 1.165) is 10.1 Å². The summed E-state index contributed by atoms with van der Waals surface area (Å²) < 4.78 is 38.1. The van der Waals surface area contributed by atoms with Crippen LogP contribution in [0.4, 0.5) is 0 Å². The molecule has 1 N–H and O–H groups in total. The molecule has 0 aliphatic heterocycles. The average molecular weight is 376 g/mol. The Bertz CT molecular complexity index is 1100. The van der Waals surface area contributed by atoms with E-state index in [0.29, 0.717) is 5.52 Å². The first-order valence-electron chi connectivity index (χ1n) is 7.64. The van der Waals surface area contributed by atoms with Crippen molar-refractivity contribution in [2.45, 2.75) is 18.0 Å². The van der Waals surface area contributed by atoms with Crippen molar-refractivity contribution in [2.24, 2.45) is 0 Å². The highest BCUT2D eigenvalue weighted by Crippen LogP contribution is 2.19. The maximum atomic E-state index is 12.5. The standard InChI is InChI=1S/C17H16N2O6S/c1-24-16(20)11-19-14-8-7-13(9-15(14)25-17(19)21)26(22,23)18-10-12-5-3-2-4-6-12/h2-9,18H,10-11H2,1H3. The molecule has 9 heteroatoms. The van der Waals surface area contributed by atoms with Crippen molar-refractivity contribution in [3.05, 3.63) is 64.6 Å². The SMILES string of the molecule is COC(=O)Cn1c(=O)oc2cc(S(=O)(=O)NCc3ccccc3)ccc21. The van der Waals surface area contributed by atoms with Crippen molar-refractivity contribution in [2.75, 3.05) is 7.11 Å². The lowest BCUT2D eigenvalue weighted by atomic mass is 10.2. The Morgan fingerprint density at radius 3 is 2.62 bits per heavy atom. The lowest BCUT2D eigenvalue weighted by Gasteiger charge is -2.07. The van der Waals surface area contributed by atoms with E-state index in [2.05, 4.69) is 9.46 Å². The van der Waals surface area contributed by atoms with Crippen LogP contribution in [0.2, 0.25) is 0 Å². The monoisotopic (exact) mass is 376 g/mol. The van der Waals surface area contributed by atoms with Crippen molar-refractivity contribution < 1.29 is 22.4 Å². The summed E-state index contributed by atoms with van der Waals surface area (Å²) in [6.07, 6.45) is 0. The van der Waals surface area contributed by atoms with Crippen molar-refractivity contribution >= 4 is 27.1 Å². The molecule has 1 heterocycles. The molecule has 0 bridgehead atoms. The number of carbonyl (C=O) groups is 1. The molecule has 26 heavy (non-hydrogen) atoms. The number of esters is 1. The van der Waals surface area contributed by atoms with Gasteiger partial charge in [-0.1, -0.05) is 30.3 Å². The van der Waals surface area contributed by atoms with E-state index in [1.54, 1.807) is 12.1 Å². The quantitative estimate of drug-likeness (QED) is 0.649. The van der Waals surface area contributed by atoms with Gasteiger partial charge in [0.05, 0.1) is 17.5 Å². The number of nitrogens with zero attached hydrogens (tertiary/aromatic N) is 1. The van der Waals surface area contributed by atoms with Crippen LogP contribution in [0.25, 0.3) is 11.1 Å². The van der Waals surface area contributed by atoms with E-state index in [9.17, 15) is 18.0 Å². The Morgan fingerprint density at radius 2 is 1.92 bits per heavy atom. The molecule has 0 aliphatic carbocycles. The molecule has 0 aliphatic rings. The van der Waals surface area contributed by atoms with E-state index in [4.69, 9.17) is 4.42 Å². The maximum Gasteiger partial charge on any atom is 0.420 e. The minimum Gasteiger partial charge on any atom is -0.468 e. The third-order valence-electron chi connectivity index (χ3n) is 3.77. The Morgan fingerprint density at radius 1 is 1.19 bits per heavy atom. The summed E-state index contributed by atoms with van der Waals surface area (Å²) in [5, 5.41) is 0. The van der Waals surface area contributed by atoms with Crippen LogP contribution in [-0.2, 0) is 32.6 Å². The number of rotatable bonds is 6. The topological polar surface area (TPSA) is 108 Å². The molecule has 0 radical (unpaired) electrons. The number of ether oxygens (including phenoxy) is 1. The summed E-state index contributed by atoms with van der Waals surface area (Å²) in [5.41, 5.74) is 1.19. The Labute approximate surface area is 149 Å². The molecule has 3 aromatic rings. The first-order chi connectivity index (χ1) is 12.4. The van der Waals surface area contributed by atoms with Crippen molar-refractivity contribution in [1.82, 2.24) is 9.29 Å². The summed E-state index contributed by atoms with van der Waals surface area (Å²) in [6, 6.07) is 13.1. The number of nitrogens with one attached hydrogen (secondary N) is 1. The fraction of sp³-hybridized carbons (Fsp3) is 0.176. The molecule has 0 saturated heterocycles. The van der Waals surface area contributed by atoms with Gasteiger partial charge in [0.25, 0.3) is 0 Å². The van der Waals surface area contributed by atoms with Gasteiger partial charge in [0.1, 0.15) is 6.54 Å². The number of carbonyl (C=O) groups excluding carboxylic acids is 1. The zero-order valence-corrected chi connectivity index (χ0v) is 14.7. The molecule has 3 rings (SSSR count). The van der Waals surface area contributed by atoms with E-state index >= 15 is 0 Å². The van der Waals surface area contributed by atoms with Crippen molar-refractivity contribution in [1.29, 1.82) is 0 Å². The summed E-state index contributed by atoms with van der Waals surface area (Å²) in [7, 11) is -2.59. The molecule has 0 atom stereocenters. The summed E-state index contributed by atoms with van der Waals surface area (Å²) in [5.74, 6) is -1.38. The molecule has 0 fully saturated rings. The van der Waals surface area contributed by atoms with Gasteiger partial charge in [-0.05, 0) is 17.7 Å². The van der Waals surface area contributed by atoms with Gasteiger partial charge in [0.15, 0.2) is 5.58 Å². The average Bonchev–Trinajstić information content (AvgIpc) is 2.95. The Kier molecular flexibility index (Phi) is 4.92. The van der Waals surface area contributed by atoms with Gasteiger partial charge in [-0.15, -0.1) is 0 Å². The minimum atomic E-state index is -3.79. The number of sulfonamides is 1. The summed E-state index contributed by atoms with van der Waals surface area (Å²) >= 11 is 0. The van der Waals surface area contributed by atoms with Gasteiger partial charge in [-0.2, -0.15) is 0 Å². The summed E-state index contributed by atoms with van der Waals surface area (Å²) in [4.78, 5) is 23.2. The van der Waals surface area contributed by atoms with E-state index < -0.39 is 21.7 Å². The fourth-order valence-electron chi connectivity index (χ4n) is 2.41. The van der Waals surface area contributed by atoms with Gasteiger partial charge >= 0.3 is 11.7 Å². The first kappa shape index (κ1) is 17.9. The molecule has 8 nitrogen and oxygen atoms in total. The van der Waals surface area contributed by atoms with Crippen LogP contribution in [0.5, 0.6) is 0 Å². The number of hydrogen-bond acceptors (Lipinski definition) is 6. The minimum absolute atomic E-state index is 0.0418. The number of oxazole rings is 1. The Hall–Kier alpha value is -2.91. The highest BCUT2D eigenvalue weighted by Gasteiger charge is 2.18. The second-order valence-electron chi connectivity index (χ2n) is 5.47. The molecular formula is C17H16N2O6S. The molecular weight excluding hydrogens is 360 g/mol. The lowest BCUT2D eigenvalue weighted by molar-refractivity contribution is -0.141. The number of benzene rings is 2. The highest BCUT2D eigenvalue weighted by molar-refractivity contribution is 7.89. The van der Waals surface area contributed by atoms with Crippen LogP contribution >= 0.6 is 0 Å². The molecule has 2 aromatic carbocycles. The fourth-order valence-corrected chi connectivity index (χ4v) is 3.45. The molecule has 0 unspecified atom stereocenters. The molecule has 0 saturated carbocycles. The van der Waals surface area contributed by atoms with Gasteiger partial charge < -0.3 is 9.15 Å². The van der Waals surface area contributed by atoms with Crippen LogP contribution in [0.1, 0.15) is 5.56 Å². The maximum absolute atomic E-state index is 12.5. The number of hydrogen-bond donors (Lipinski definition) is 1. The normalized spacial score (nSPS) is 11.6. The largest absolute Gasteiger partial charge is 0.468 e. The second-order valence-corrected chi connectivity index (χ2v) is 7.24. The van der Waals surface area contributed by atoms with Gasteiger partial charge in [0.2, 0.25) is 10.0 Å². The van der Waals surface area contributed by atoms with Gasteiger partial charge in [-0.3, -0.25) is 9.36 Å². The third-order valence-corrected chi connectivity index (χ3v) is 5.17. The van der Waals surface area contributed by atoms with Crippen molar-refractivity contribution in [3.8, 4) is 0 Å². The molecule has 1 aromatic heterocycles. The summed E-state index contributed by atoms with van der Waals surface area (Å²) in [6.45, 7) is -0.185. The number of aromatic nitrogens is 1. The van der Waals surface area contributed by atoms with Crippen molar-refractivity contribution in [3.63, 3.8) is 0 Å². The van der Waals surface area contributed by atoms with Crippen LogP contribution in [0.15, 0.2) is 62.6 Å². The first-order valence-corrected chi connectivity index (χ1v) is 9.13. The lowest BCUT2D eigenvalue weighted by Crippen LogP contribution is -2.23. The number of methoxy groups -OCH3 is 1. The Balaban J connectivity index is 1.88. The third kappa shape index (κ3) is 3.68. The number of fused-ring (bicyclic) bond motifs is 1. The van der Waals surface area contributed by atoms with Gasteiger partial charge in [0, 0.05) is 12.6 Å². The van der Waals surface area contributed by atoms with Crippen LogP contribution in [-0.4, -0.2) is 26.1 Å².